The number of anilines is 1. The van der Waals surface area contributed by atoms with Crippen molar-refractivity contribution in [2.75, 3.05) is 18.0 Å². The molecule has 3 fully saturated rings. The quantitative estimate of drug-likeness (QED) is 0.314. The Kier molecular flexibility index (Phi) is 6.08. The minimum Gasteiger partial charge on any atom is -0.353 e. The molecule has 3 aromatic rings. The van der Waals surface area contributed by atoms with Crippen LogP contribution in [0.2, 0.25) is 0 Å². The molecule has 7 rings (SSSR count). The van der Waals surface area contributed by atoms with E-state index >= 15 is 0 Å². The van der Waals surface area contributed by atoms with E-state index in [2.05, 4.69) is 16.6 Å². The molecule has 10 heteroatoms. The molecule has 4 aliphatic rings. The predicted octanol–water partition coefficient (Wildman–Crippen LogP) is 2.86. The minimum atomic E-state index is -1.77. The Morgan fingerprint density at radius 2 is 1.85 bits per heavy atom. The number of nitrogens with zero attached hydrogens (tertiary/aromatic N) is 4. The second kappa shape index (κ2) is 9.47. The molecule has 41 heavy (non-hydrogen) atoms. The van der Waals surface area contributed by atoms with Gasteiger partial charge in [0.1, 0.15) is 6.04 Å². The monoisotopic (exact) mass is 557 g/mol. The van der Waals surface area contributed by atoms with Crippen LogP contribution in [0.4, 0.5) is 5.69 Å². The summed E-state index contributed by atoms with van der Waals surface area (Å²) in [7, 11) is 0. The van der Waals surface area contributed by atoms with Crippen LogP contribution in [-0.2, 0) is 16.0 Å². The largest absolute Gasteiger partial charge is 0.353 e. The first kappa shape index (κ1) is 26.3. The normalized spacial score (nSPS) is 23.2. The van der Waals surface area contributed by atoms with Crippen molar-refractivity contribution in [2.45, 2.75) is 76.3 Å². The van der Waals surface area contributed by atoms with Gasteiger partial charge in [0.15, 0.2) is 0 Å². The van der Waals surface area contributed by atoms with Gasteiger partial charge < -0.3 is 10.2 Å². The van der Waals surface area contributed by atoms with Gasteiger partial charge >= 0.3 is 0 Å². The molecule has 1 aromatic heterocycles. The molecule has 3 amide bonds. The Labute approximate surface area is 237 Å². The van der Waals surface area contributed by atoms with Crippen molar-refractivity contribution >= 4 is 34.2 Å². The van der Waals surface area contributed by atoms with E-state index in [-0.39, 0.29) is 24.3 Å². The van der Waals surface area contributed by atoms with E-state index in [1.807, 2.05) is 47.0 Å². The summed E-state index contributed by atoms with van der Waals surface area (Å²) >= 11 is 0. The lowest BCUT2D eigenvalue weighted by molar-refractivity contribution is -0.346. The average molecular weight is 558 g/mol. The number of aromatic nitrogens is 2. The number of likely N-dealkylation sites (tertiary alicyclic amines) is 1. The number of rotatable bonds is 6. The van der Waals surface area contributed by atoms with Crippen LogP contribution in [0.25, 0.3) is 10.8 Å². The zero-order valence-corrected chi connectivity index (χ0v) is 23.2. The molecular weight excluding hydrogens is 522 g/mol. The highest BCUT2D eigenvalue weighted by molar-refractivity contribution is 6.27. The van der Waals surface area contributed by atoms with Crippen molar-refractivity contribution in [3.8, 4) is 0 Å². The first-order valence-electron chi connectivity index (χ1n) is 14.6. The molecule has 1 unspecified atom stereocenters. The van der Waals surface area contributed by atoms with Crippen LogP contribution < -0.4 is 10.2 Å². The van der Waals surface area contributed by atoms with Gasteiger partial charge in [-0.15, -0.1) is 0 Å². The molecule has 0 bridgehead atoms. The molecule has 3 N–H and O–H groups in total. The van der Waals surface area contributed by atoms with E-state index in [0.717, 1.165) is 54.0 Å². The summed E-state index contributed by atoms with van der Waals surface area (Å²) in [6, 6.07) is 9.10. The maximum Gasteiger partial charge on any atom is 0.259 e. The third-order valence-corrected chi connectivity index (χ3v) is 9.94. The molecular formula is C31H35N5O5. The Balaban J connectivity index is 1.09. The standard InChI is InChI=1S/C31H35N5O5/c1-30(12-3-13-30)31(40,41)34-14-10-21(11-15-34)35-18-19(17-32-35)16-20-6-7-24-27-22(20)4-2-5-23(27)29(39)36(24)25-8-9-26(37)33-28(25)38/h2,4-7,17-18,21,25,40-41H,3,8-16H2,1H3,(H,33,37,38). The highest BCUT2D eigenvalue weighted by Crippen LogP contribution is 2.50. The van der Waals surface area contributed by atoms with Gasteiger partial charge in [0.25, 0.3) is 5.91 Å². The van der Waals surface area contributed by atoms with Gasteiger partial charge in [0.2, 0.25) is 17.7 Å². The average Bonchev–Trinajstić information content (AvgIpc) is 3.52. The fourth-order valence-electron chi connectivity index (χ4n) is 7.21. The maximum atomic E-state index is 13.4. The number of hydrogen-bond acceptors (Lipinski definition) is 7. The molecule has 214 valence electrons. The predicted molar refractivity (Wildman–Crippen MR) is 151 cm³/mol. The number of piperidine rings is 2. The molecule has 1 saturated carbocycles. The maximum absolute atomic E-state index is 13.4. The molecule has 0 radical (unpaired) electrons. The lowest BCUT2D eigenvalue weighted by atomic mass is 9.66. The number of aliphatic hydroxyl groups is 2. The molecule has 2 saturated heterocycles. The number of nitrogens with one attached hydrogen (secondary N) is 1. The summed E-state index contributed by atoms with van der Waals surface area (Å²) < 4.78 is 2.00. The van der Waals surface area contributed by atoms with Crippen LogP contribution in [0.3, 0.4) is 0 Å². The van der Waals surface area contributed by atoms with Gasteiger partial charge in [-0.05, 0) is 60.7 Å². The van der Waals surface area contributed by atoms with E-state index in [1.165, 1.54) is 0 Å². The Bertz CT molecular complexity index is 1570. The van der Waals surface area contributed by atoms with Crippen LogP contribution in [0, 0.1) is 5.41 Å². The van der Waals surface area contributed by atoms with Gasteiger partial charge in [-0.2, -0.15) is 5.10 Å². The molecule has 4 heterocycles. The van der Waals surface area contributed by atoms with Gasteiger partial charge in [0, 0.05) is 48.5 Å². The van der Waals surface area contributed by atoms with Crippen LogP contribution in [0.15, 0.2) is 42.7 Å². The van der Waals surface area contributed by atoms with Crippen LogP contribution in [0.1, 0.15) is 79.4 Å². The molecule has 3 aliphatic heterocycles. The number of hydrogen-bond donors (Lipinski definition) is 3. The lowest BCUT2D eigenvalue weighted by Gasteiger charge is -2.53. The zero-order valence-electron chi connectivity index (χ0n) is 23.2. The second-order valence-corrected chi connectivity index (χ2v) is 12.4. The second-order valence-electron chi connectivity index (χ2n) is 12.4. The van der Waals surface area contributed by atoms with Crippen LogP contribution in [-0.4, -0.2) is 67.7 Å². The summed E-state index contributed by atoms with van der Waals surface area (Å²) in [4.78, 5) is 41.1. The molecule has 1 aliphatic carbocycles. The summed E-state index contributed by atoms with van der Waals surface area (Å²) in [6.45, 7) is 3.18. The van der Waals surface area contributed by atoms with Crippen LogP contribution in [0.5, 0.6) is 0 Å². The highest BCUT2D eigenvalue weighted by atomic mass is 16.5. The van der Waals surface area contributed by atoms with Gasteiger partial charge in [0.05, 0.1) is 17.9 Å². The first-order chi connectivity index (χ1) is 19.7. The Morgan fingerprint density at radius 3 is 2.56 bits per heavy atom. The highest BCUT2D eigenvalue weighted by Gasteiger charge is 2.54. The smallest absolute Gasteiger partial charge is 0.259 e. The zero-order chi connectivity index (χ0) is 28.5. The summed E-state index contributed by atoms with van der Waals surface area (Å²) in [6.07, 6.45) is 9.41. The Hall–Kier alpha value is -3.60. The first-order valence-corrected chi connectivity index (χ1v) is 14.6. The molecule has 0 spiro atoms. The van der Waals surface area contributed by atoms with Crippen molar-refractivity contribution in [3.63, 3.8) is 0 Å². The van der Waals surface area contributed by atoms with Gasteiger partial charge in [-0.25, -0.2) is 0 Å². The fourth-order valence-corrected chi connectivity index (χ4v) is 7.21. The third-order valence-electron chi connectivity index (χ3n) is 9.94. The molecule has 10 nitrogen and oxygen atoms in total. The number of benzene rings is 2. The lowest BCUT2D eigenvalue weighted by Crippen LogP contribution is -2.63. The van der Waals surface area contributed by atoms with Crippen molar-refractivity contribution < 1.29 is 24.6 Å². The van der Waals surface area contributed by atoms with Crippen LogP contribution >= 0.6 is 0 Å². The summed E-state index contributed by atoms with van der Waals surface area (Å²) in [5.74, 6) is -2.72. The third kappa shape index (κ3) is 4.11. The number of carbonyl (C=O) groups is 3. The fraction of sp³-hybridized carbons (Fsp3) is 0.484. The van der Waals surface area contributed by atoms with Gasteiger partial charge in [-0.1, -0.05) is 31.5 Å². The topological polar surface area (TPSA) is 128 Å². The summed E-state index contributed by atoms with van der Waals surface area (Å²) in [5, 5.41) is 30.7. The summed E-state index contributed by atoms with van der Waals surface area (Å²) in [5.41, 5.74) is 2.95. The number of carbonyl (C=O) groups excluding carboxylic acids is 3. The molecule has 1 atom stereocenters. The van der Waals surface area contributed by atoms with E-state index in [9.17, 15) is 24.6 Å². The Morgan fingerprint density at radius 1 is 1.07 bits per heavy atom. The SMILES string of the molecule is CC1(C(O)(O)N2CCC(n3cc(Cc4ccc5c6c(cccc46)C(=O)N5C4CCC(=O)NC4=O)cn3)CC2)CCC1. The van der Waals surface area contributed by atoms with E-state index in [1.54, 1.807) is 11.0 Å². The van der Waals surface area contributed by atoms with Crippen molar-refractivity contribution in [2.24, 2.45) is 5.41 Å². The van der Waals surface area contributed by atoms with Crippen molar-refractivity contribution in [3.05, 3.63) is 59.4 Å². The van der Waals surface area contributed by atoms with E-state index in [4.69, 9.17) is 0 Å². The van der Waals surface area contributed by atoms with E-state index in [0.29, 0.717) is 37.2 Å². The van der Waals surface area contributed by atoms with Gasteiger partial charge in [-0.3, -0.25) is 34.2 Å². The minimum absolute atomic E-state index is 0.192. The van der Waals surface area contributed by atoms with Crippen molar-refractivity contribution in [1.29, 1.82) is 0 Å². The molecule has 2 aromatic carbocycles. The van der Waals surface area contributed by atoms with Crippen molar-refractivity contribution in [1.82, 2.24) is 20.0 Å². The number of amides is 3. The number of imide groups is 1. The van der Waals surface area contributed by atoms with E-state index < -0.39 is 23.3 Å².